The van der Waals surface area contributed by atoms with Crippen LogP contribution in [-0.2, 0) is 4.79 Å². The van der Waals surface area contributed by atoms with E-state index >= 15 is 0 Å². The third-order valence-corrected chi connectivity index (χ3v) is 2.91. The Hall–Kier alpha value is -1.39. The van der Waals surface area contributed by atoms with Crippen molar-refractivity contribution in [3.8, 4) is 0 Å². The zero-order valence-corrected chi connectivity index (χ0v) is 10.7. The van der Waals surface area contributed by atoms with E-state index in [9.17, 15) is 9.90 Å². The smallest absolute Gasteiger partial charge is 0.306 e. The number of hydrogen-bond acceptors (Lipinski definition) is 3. The van der Waals surface area contributed by atoms with E-state index in [2.05, 4.69) is 24.4 Å². The lowest BCUT2D eigenvalue weighted by Gasteiger charge is -2.13. The summed E-state index contributed by atoms with van der Waals surface area (Å²) in [5.41, 5.74) is 1.30. The fraction of sp³-hybridized carbons (Fsp3) is 0.500. The Kier molecular flexibility index (Phi) is 6.39. The van der Waals surface area contributed by atoms with Crippen LogP contribution in [0.15, 0.2) is 30.3 Å². The van der Waals surface area contributed by atoms with E-state index in [1.807, 2.05) is 18.2 Å². The summed E-state index contributed by atoms with van der Waals surface area (Å²) in [6.07, 6.45) is -0.0556. The number of benzene rings is 1. The normalized spacial score (nSPS) is 14.1. The van der Waals surface area contributed by atoms with Gasteiger partial charge in [0.15, 0.2) is 0 Å². The second-order valence-corrected chi connectivity index (χ2v) is 4.56. The van der Waals surface area contributed by atoms with Crippen LogP contribution in [-0.4, -0.2) is 35.4 Å². The summed E-state index contributed by atoms with van der Waals surface area (Å²) in [6.45, 7) is 3.26. The first-order valence-electron chi connectivity index (χ1n) is 6.25. The third-order valence-electron chi connectivity index (χ3n) is 2.91. The molecule has 0 amide bonds. The average molecular weight is 251 g/mol. The molecule has 100 valence electrons. The van der Waals surface area contributed by atoms with Crippen molar-refractivity contribution in [1.82, 2.24) is 5.32 Å². The van der Waals surface area contributed by atoms with Crippen LogP contribution in [0.3, 0.4) is 0 Å². The largest absolute Gasteiger partial charge is 0.481 e. The Morgan fingerprint density at radius 2 is 2.00 bits per heavy atom. The Bertz CT molecular complexity index is 353. The Morgan fingerprint density at radius 3 is 2.61 bits per heavy atom. The van der Waals surface area contributed by atoms with Gasteiger partial charge in [-0.2, -0.15) is 0 Å². The number of carbonyl (C=O) groups is 1. The maximum absolute atomic E-state index is 10.3. The van der Waals surface area contributed by atoms with E-state index in [0.29, 0.717) is 12.5 Å². The van der Waals surface area contributed by atoms with Gasteiger partial charge in [-0.15, -0.1) is 0 Å². The van der Waals surface area contributed by atoms with Gasteiger partial charge in [-0.25, -0.2) is 0 Å². The minimum Gasteiger partial charge on any atom is -0.481 e. The second-order valence-electron chi connectivity index (χ2n) is 4.56. The number of carboxylic acids is 1. The topological polar surface area (TPSA) is 69.6 Å². The number of aliphatic carboxylic acids is 1. The molecule has 0 fully saturated rings. The molecule has 0 saturated heterocycles. The van der Waals surface area contributed by atoms with Crippen molar-refractivity contribution in [3.05, 3.63) is 35.9 Å². The van der Waals surface area contributed by atoms with Gasteiger partial charge >= 0.3 is 5.97 Å². The SMILES string of the molecule is CC(CCNCC(O)CC(=O)O)c1ccccc1. The molecule has 4 nitrogen and oxygen atoms in total. The summed E-state index contributed by atoms with van der Waals surface area (Å²) >= 11 is 0. The fourth-order valence-electron chi connectivity index (χ4n) is 1.81. The molecule has 0 aliphatic rings. The monoisotopic (exact) mass is 251 g/mol. The first kappa shape index (κ1) is 14.7. The molecule has 0 bridgehead atoms. The van der Waals surface area contributed by atoms with Crippen LogP contribution in [0, 0.1) is 0 Å². The van der Waals surface area contributed by atoms with Crippen molar-refractivity contribution >= 4 is 5.97 Å². The number of aliphatic hydroxyl groups excluding tert-OH is 1. The van der Waals surface area contributed by atoms with Gasteiger partial charge in [0.2, 0.25) is 0 Å². The molecular weight excluding hydrogens is 230 g/mol. The van der Waals surface area contributed by atoms with Crippen LogP contribution < -0.4 is 5.32 Å². The summed E-state index contributed by atoms with van der Waals surface area (Å²) in [7, 11) is 0. The lowest BCUT2D eigenvalue weighted by Crippen LogP contribution is -2.29. The maximum Gasteiger partial charge on any atom is 0.306 e. The van der Waals surface area contributed by atoms with Gasteiger partial charge in [-0.3, -0.25) is 4.79 Å². The standard InChI is InChI=1S/C14H21NO3/c1-11(12-5-3-2-4-6-12)7-8-15-10-13(16)9-14(17)18/h2-6,11,13,15-16H,7-10H2,1H3,(H,17,18). The summed E-state index contributed by atoms with van der Waals surface area (Å²) in [6, 6.07) is 10.2. The Morgan fingerprint density at radius 1 is 1.33 bits per heavy atom. The van der Waals surface area contributed by atoms with Gasteiger partial charge in [-0.1, -0.05) is 37.3 Å². The minimum absolute atomic E-state index is 0.207. The molecule has 0 heterocycles. The number of nitrogens with one attached hydrogen (secondary N) is 1. The Labute approximate surface area is 108 Å². The highest BCUT2D eigenvalue weighted by molar-refractivity contribution is 5.67. The molecule has 2 atom stereocenters. The van der Waals surface area contributed by atoms with Crippen LogP contribution in [0.1, 0.15) is 31.2 Å². The number of rotatable bonds is 8. The molecule has 0 radical (unpaired) electrons. The molecule has 0 saturated carbocycles. The molecule has 0 aromatic heterocycles. The van der Waals surface area contributed by atoms with E-state index in [4.69, 9.17) is 5.11 Å². The fourth-order valence-corrected chi connectivity index (χ4v) is 1.81. The van der Waals surface area contributed by atoms with E-state index in [1.54, 1.807) is 0 Å². The van der Waals surface area contributed by atoms with Gasteiger partial charge in [0.05, 0.1) is 12.5 Å². The number of aliphatic hydroxyl groups is 1. The second kappa shape index (κ2) is 7.84. The van der Waals surface area contributed by atoms with Crippen molar-refractivity contribution in [2.45, 2.75) is 31.8 Å². The summed E-state index contributed by atoms with van der Waals surface area (Å²) in [5, 5.41) is 20.9. The minimum atomic E-state index is -0.970. The molecule has 18 heavy (non-hydrogen) atoms. The van der Waals surface area contributed by atoms with Crippen molar-refractivity contribution in [2.24, 2.45) is 0 Å². The van der Waals surface area contributed by atoms with Gasteiger partial charge < -0.3 is 15.5 Å². The van der Waals surface area contributed by atoms with Crippen molar-refractivity contribution in [1.29, 1.82) is 0 Å². The Balaban J connectivity index is 2.16. The quantitative estimate of drug-likeness (QED) is 0.614. The first-order valence-corrected chi connectivity index (χ1v) is 6.25. The molecule has 3 N–H and O–H groups in total. The summed E-state index contributed by atoms with van der Waals surface area (Å²) in [5.74, 6) is -0.516. The highest BCUT2D eigenvalue weighted by Gasteiger charge is 2.09. The van der Waals surface area contributed by atoms with Crippen LogP contribution in [0.4, 0.5) is 0 Å². The third kappa shape index (κ3) is 5.80. The maximum atomic E-state index is 10.3. The highest BCUT2D eigenvalue weighted by Crippen LogP contribution is 2.17. The predicted molar refractivity (Wildman–Crippen MR) is 70.6 cm³/mol. The van der Waals surface area contributed by atoms with Crippen LogP contribution in [0.25, 0.3) is 0 Å². The van der Waals surface area contributed by atoms with E-state index in [1.165, 1.54) is 5.56 Å². The summed E-state index contributed by atoms with van der Waals surface area (Å²) in [4.78, 5) is 10.3. The summed E-state index contributed by atoms with van der Waals surface area (Å²) < 4.78 is 0. The number of hydrogen-bond donors (Lipinski definition) is 3. The van der Waals surface area contributed by atoms with Crippen LogP contribution >= 0.6 is 0 Å². The van der Waals surface area contributed by atoms with Crippen molar-refractivity contribution in [2.75, 3.05) is 13.1 Å². The van der Waals surface area contributed by atoms with Crippen LogP contribution in [0.5, 0.6) is 0 Å². The highest BCUT2D eigenvalue weighted by atomic mass is 16.4. The molecule has 4 heteroatoms. The van der Waals surface area contributed by atoms with Crippen molar-refractivity contribution in [3.63, 3.8) is 0 Å². The molecule has 0 spiro atoms. The van der Waals surface area contributed by atoms with E-state index in [-0.39, 0.29) is 6.42 Å². The van der Waals surface area contributed by atoms with Crippen molar-refractivity contribution < 1.29 is 15.0 Å². The molecule has 1 aromatic carbocycles. The average Bonchev–Trinajstić information content (AvgIpc) is 2.34. The lowest BCUT2D eigenvalue weighted by molar-refractivity contribution is -0.139. The van der Waals surface area contributed by atoms with Gasteiger partial charge in [0.1, 0.15) is 0 Å². The lowest BCUT2D eigenvalue weighted by atomic mass is 9.98. The van der Waals surface area contributed by atoms with Gasteiger partial charge in [-0.05, 0) is 24.4 Å². The molecule has 1 aromatic rings. The molecule has 0 aliphatic carbocycles. The number of carboxylic acid groups (broad SMARTS) is 1. The van der Waals surface area contributed by atoms with E-state index in [0.717, 1.165) is 13.0 Å². The molecule has 0 aliphatic heterocycles. The molecule has 2 unspecified atom stereocenters. The van der Waals surface area contributed by atoms with Gasteiger partial charge in [0.25, 0.3) is 0 Å². The predicted octanol–water partition coefficient (Wildman–Crippen LogP) is 1.61. The molecule has 1 rings (SSSR count). The van der Waals surface area contributed by atoms with E-state index < -0.39 is 12.1 Å². The zero-order chi connectivity index (χ0) is 13.4. The van der Waals surface area contributed by atoms with Crippen LogP contribution in [0.2, 0.25) is 0 Å². The zero-order valence-electron chi connectivity index (χ0n) is 10.7. The first-order chi connectivity index (χ1) is 8.59. The molecular formula is C14H21NO3. The van der Waals surface area contributed by atoms with Gasteiger partial charge in [0, 0.05) is 6.54 Å².